The van der Waals surface area contributed by atoms with Crippen molar-refractivity contribution in [1.82, 2.24) is 0 Å². The highest BCUT2D eigenvalue weighted by Gasteiger charge is 2.37. The fraction of sp³-hybridized carbons (Fsp3) is 1.00. The molecular weight excluding hydrogens is 268 g/mol. The summed E-state index contributed by atoms with van der Waals surface area (Å²) in [6.07, 6.45) is 13.1. The first-order valence-corrected chi connectivity index (χ1v) is 10.3. The molecule has 0 aliphatic carbocycles. The van der Waals surface area contributed by atoms with Crippen molar-refractivity contribution in [2.45, 2.75) is 78.6 Å². The SMILES string of the molecule is CCCCCCCCCCC[N+]1(CC)CC[N+](C)(CC)CC1. The van der Waals surface area contributed by atoms with E-state index in [1.54, 1.807) is 0 Å². The second-order valence-corrected chi connectivity index (χ2v) is 8.04. The molecule has 0 N–H and O–H groups in total. The van der Waals surface area contributed by atoms with Crippen LogP contribution >= 0.6 is 0 Å². The second kappa shape index (κ2) is 10.6. The zero-order valence-corrected chi connectivity index (χ0v) is 16.2. The van der Waals surface area contributed by atoms with E-state index in [1.165, 1.54) is 113 Å². The molecule has 0 spiro atoms. The van der Waals surface area contributed by atoms with Gasteiger partial charge in [0.05, 0.1) is 26.7 Å². The van der Waals surface area contributed by atoms with Gasteiger partial charge in [-0.25, -0.2) is 0 Å². The largest absolute Gasteiger partial charge is 0.317 e. The highest BCUT2D eigenvalue weighted by Crippen LogP contribution is 2.19. The molecule has 0 unspecified atom stereocenters. The Morgan fingerprint density at radius 3 is 1.55 bits per heavy atom. The first kappa shape index (κ1) is 20.0. The Labute approximate surface area is 141 Å². The average molecular weight is 313 g/mol. The molecule has 0 radical (unpaired) electrons. The third-order valence-electron chi connectivity index (χ3n) is 6.40. The lowest BCUT2D eigenvalue weighted by atomic mass is 10.1. The van der Waals surface area contributed by atoms with E-state index < -0.39 is 0 Å². The predicted octanol–water partition coefficient (Wildman–Crippen LogP) is 4.83. The zero-order valence-electron chi connectivity index (χ0n) is 16.2. The van der Waals surface area contributed by atoms with Crippen LogP contribution in [0, 0.1) is 0 Å². The van der Waals surface area contributed by atoms with Crippen LogP contribution in [-0.4, -0.2) is 61.8 Å². The number of unbranched alkanes of at least 4 members (excludes halogenated alkanes) is 8. The van der Waals surface area contributed by atoms with Crippen molar-refractivity contribution >= 4 is 0 Å². The van der Waals surface area contributed by atoms with Crippen molar-refractivity contribution in [2.24, 2.45) is 0 Å². The zero-order chi connectivity index (χ0) is 16.3. The van der Waals surface area contributed by atoms with E-state index in [0.29, 0.717) is 0 Å². The van der Waals surface area contributed by atoms with Gasteiger partial charge in [-0.15, -0.1) is 0 Å². The van der Waals surface area contributed by atoms with Gasteiger partial charge in [0.15, 0.2) is 0 Å². The van der Waals surface area contributed by atoms with Crippen molar-refractivity contribution in [3.63, 3.8) is 0 Å². The Balaban J connectivity index is 2.10. The molecule has 0 bridgehead atoms. The van der Waals surface area contributed by atoms with E-state index in [9.17, 15) is 0 Å². The van der Waals surface area contributed by atoms with Crippen LogP contribution in [0.15, 0.2) is 0 Å². The van der Waals surface area contributed by atoms with Crippen LogP contribution in [-0.2, 0) is 0 Å². The molecule has 2 heteroatoms. The molecule has 0 amide bonds. The fourth-order valence-corrected chi connectivity index (χ4v) is 3.90. The summed E-state index contributed by atoms with van der Waals surface area (Å²) in [4.78, 5) is 0. The highest BCUT2D eigenvalue weighted by molar-refractivity contribution is 4.54. The molecule has 0 aromatic heterocycles. The van der Waals surface area contributed by atoms with Gasteiger partial charge in [0.2, 0.25) is 0 Å². The standard InChI is InChI=1S/C20H44N2/c1-5-8-9-10-11-12-13-14-15-16-22(7-3)19-17-21(4,6-2)18-20-22/h5-20H2,1-4H3/q+2. The summed E-state index contributed by atoms with van der Waals surface area (Å²) in [7, 11) is 2.45. The summed E-state index contributed by atoms with van der Waals surface area (Å²) in [5, 5.41) is 0. The van der Waals surface area contributed by atoms with Gasteiger partial charge < -0.3 is 8.97 Å². The van der Waals surface area contributed by atoms with Crippen LogP contribution in [0.5, 0.6) is 0 Å². The summed E-state index contributed by atoms with van der Waals surface area (Å²) in [6.45, 7) is 16.8. The minimum Gasteiger partial charge on any atom is -0.317 e. The Kier molecular flexibility index (Phi) is 9.66. The Hall–Kier alpha value is -0.0800. The first-order chi connectivity index (χ1) is 10.6. The topological polar surface area (TPSA) is 0 Å². The molecule has 1 fully saturated rings. The van der Waals surface area contributed by atoms with Crippen LogP contribution in [0.2, 0.25) is 0 Å². The quantitative estimate of drug-likeness (QED) is 0.357. The van der Waals surface area contributed by atoms with Gasteiger partial charge >= 0.3 is 0 Å². The lowest BCUT2D eigenvalue weighted by Crippen LogP contribution is -2.65. The molecule has 1 saturated heterocycles. The number of piperazine rings is 1. The van der Waals surface area contributed by atoms with Gasteiger partial charge in [0.1, 0.15) is 26.2 Å². The number of rotatable bonds is 12. The summed E-state index contributed by atoms with van der Waals surface area (Å²) < 4.78 is 2.71. The van der Waals surface area contributed by atoms with E-state index in [-0.39, 0.29) is 0 Å². The van der Waals surface area contributed by atoms with Crippen LogP contribution in [0.4, 0.5) is 0 Å². The van der Waals surface area contributed by atoms with Gasteiger partial charge in [0.25, 0.3) is 0 Å². The van der Waals surface area contributed by atoms with Crippen LogP contribution in [0.3, 0.4) is 0 Å². The summed E-state index contributed by atoms with van der Waals surface area (Å²) in [5.41, 5.74) is 0. The molecule has 0 atom stereocenters. The maximum Gasteiger partial charge on any atom is 0.129 e. The lowest BCUT2D eigenvalue weighted by Gasteiger charge is -2.47. The van der Waals surface area contributed by atoms with Gasteiger partial charge in [-0.1, -0.05) is 51.9 Å². The molecule has 1 aliphatic heterocycles. The molecule has 0 aromatic carbocycles. The Bertz CT molecular complexity index is 267. The van der Waals surface area contributed by atoms with Crippen LogP contribution < -0.4 is 0 Å². The minimum absolute atomic E-state index is 1.30. The number of quaternary nitrogens is 2. The van der Waals surface area contributed by atoms with Crippen molar-refractivity contribution in [2.75, 3.05) is 52.9 Å². The maximum atomic E-state index is 2.45. The summed E-state index contributed by atoms with van der Waals surface area (Å²) in [5.74, 6) is 0. The third kappa shape index (κ3) is 7.00. The van der Waals surface area contributed by atoms with Gasteiger partial charge in [0, 0.05) is 0 Å². The molecule has 132 valence electrons. The third-order valence-corrected chi connectivity index (χ3v) is 6.40. The predicted molar refractivity (Wildman–Crippen MR) is 99.1 cm³/mol. The van der Waals surface area contributed by atoms with Gasteiger partial charge in [-0.2, -0.15) is 0 Å². The molecule has 1 rings (SSSR count). The molecule has 0 saturated carbocycles. The molecule has 2 nitrogen and oxygen atoms in total. The Morgan fingerprint density at radius 1 is 0.591 bits per heavy atom. The van der Waals surface area contributed by atoms with Gasteiger partial charge in [-0.3, -0.25) is 0 Å². The number of likely N-dealkylation sites (N-methyl/N-ethyl adjacent to an activating group) is 2. The summed E-state index contributed by atoms with van der Waals surface area (Å²) in [6, 6.07) is 0. The fourth-order valence-electron chi connectivity index (χ4n) is 3.90. The Morgan fingerprint density at radius 2 is 1.09 bits per heavy atom. The molecular formula is C20H44N2+2. The van der Waals surface area contributed by atoms with Crippen molar-refractivity contribution in [3.8, 4) is 0 Å². The minimum atomic E-state index is 1.30. The first-order valence-electron chi connectivity index (χ1n) is 10.3. The van der Waals surface area contributed by atoms with E-state index in [2.05, 4.69) is 27.8 Å². The van der Waals surface area contributed by atoms with Crippen LogP contribution in [0.25, 0.3) is 0 Å². The second-order valence-electron chi connectivity index (χ2n) is 8.04. The van der Waals surface area contributed by atoms with Crippen LogP contribution in [0.1, 0.15) is 78.6 Å². The molecule has 22 heavy (non-hydrogen) atoms. The molecule has 1 aliphatic rings. The van der Waals surface area contributed by atoms with E-state index in [1.807, 2.05) is 0 Å². The van der Waals surface area contributed by atoms with Crippen molar-refractivity contribution in [3.05, 3.63) is 0 Å². The smallest absolute Gasteiger partial charge is 0.129 e. The maximum absolute atomic E-state index is 2.45. The average Bonchev–Trinajstić information content (AvgIpc) is 2.55. The monoisotopic (exact) mass is 312 g/mol. The number of hydrogen-bond acceptors (Lipinski definition) is 0. The molecule has 1 heterocycles. The van der Waals surface area contributed by atoms with Crippen molar-refractivity contribution in [1.29, 1.82) is 0 Å². The number of hydrogen-bond donors (Lipinski definition) is 0. The van der Waals surface area contributed by atoms with Crippen molar-refractivity contribution < 1.29 is 8.97 Å². The lowest BCUT2D eigenvalue weighted by molar-refractivity contribution is -1.02. The van der Waals surface area contributed by atoms with E-state index in [0.717, 1.165) is 0 Å². The normalized spacial score (nSPS) is 28.9. The molecule has 0 aromatic rings. The van der Waals surface area contributed by atoms with Gasteiger partial charge in [-0.05, 0) is 26.7 Å². The number of nitrogens with zero attached hydrogens (tertiary/aromatic N) is 2. The summed E-state index contributed by atoms with van der Waals surface area (Å²) >= 11 is 0. The highest BCUT2D eigenvalue weighted by atomic mass is 15.5. The van der Waals surface area contributed by atoms with E-state index >= 15 is 0 Å². The van der Waals surface area contributed by atoms with E-state index in [4.69, 9.17) is 0 Å².